The third-order valence-electron chi connectivity index (χ3n) is 5.01. The summed E-state index contributed by atoms with van der Waals surface area (Å²) in [6.45, 7) is 3.81. The largest absolute Gasteiger partial charge is 0.490 e. The monoisotopic (exact) mass is 540 g/mol. The number of halogens is 2. The van der Waals surface area contributed by atoms with Crippen molar-refractivity contribution in [3.8, 4) is 11.5 Å². The first-order chi connectivity index (χ1) is 18.3. The number of ether oxygens (including phenoxy) is 2. The summed E-state index contributed by atoms with van der Waals surface area (Å²) in [7, 11) is 0. The second-order valence-electron chi connectivity index (χ2n) is 7.81. The number of carbonyl (C=O) groups excluding carboxylic acids is 3. The fourth-order valence-corrected chi connectivity index (χ4v) is 3.44. The maximum atomic E-state index is 13.0. The number of hydrazone groups is 1. The maximum Gasteiger partial charge on any atom is 0.329 e. The standard InChI is InChI=1S/C27H26ClFN4O5/c1-3-17-5-9-20(10-6-17)31-24(34)16-38-25-22(28)13-18(14-23(25)37-4-2)15-30-33-27(36)26(35)32-21-11-7-19(29)8-12-21/h5-15H,3-4,16H2,1-2H3,(H,31,34)(H,32,35)(H,33,36)/b30-15-. The number of rotatable bonds is 10. The Morgan fingerprint density at radius 2 is 1.58 bits per heavy atom. The highest BCUT2D eigenvalue weighted by atomic mass is 35.5. The van der Waals surface area contributed by atoms with Crippen LogP contribution in [0.1, 0.15) is 25.0 Å². The SMILES string of the molecule is CCOc1cc(/C=N\NC(=O)C(=O)Nc2ccc(F)cc2)cc(Cl)c1OCC(=O)Nc1ccc(CC)cc1. The lowest BCUT2D eigenvalue weighted by molar-refractivity contribution is -0.136. The number of aryl methyl sites for hydroxylation is 1. The van der Waals surface area contributed by atoms with Gasteiger partial charge >= 0.3 is 11.8 Å². The van der Waals surface area contributed by atoms with Crippen LogP contribution in [0.15, 0.2) is 65.8 Å². The lowest BCUT2D eigenvalue weighted by Gasteiger charge is -2.14. The van der Waals surface area contributed by atoms with Gasteiger partial charge in [0.25, 0.3) is 5.91 Å². The second-order valence-corrected chi connectivity index (χ2v) is 8.22. The van der Waals surface area contributed by atoms with E-state index in [0.29, 0.717) is 17.9 Å². The predicted octanol–water partition coefficient (Wildman–Crippen LogP) is 4.55. The molecule has 0 radical (unpaired) electrons. The van der Waals surface area contributed by atoms with Gasteiger partial charge in [-0.3, -0.25) is 14.4 Å². The second kappa shape index (κ2) is 13.8. The van der Waals surface area contributed by atoms with Crippen LogP contribution in [0.3, 0.4) is 0 Å². The van der Waals surface area contributed by atoms with E-state index in [9.17, 15) is 18.8 Å². The van der Waals surface area contributed by atoms with Gasteiger partial charge in [-0.2, -0.15) is 5.10 Å². The van der Waals surface area contributed by atoms with Gasteiger partial charge in [0, 0.05) is 11.4 Å². The van der Waals surface area contributed by atoms with Crippen molar-refractivity contribution in [3.63, 3.8) is 0 Å². The lowest BCUT2D eigenvalue weighted by atomic mass is 10.1. The summed E-state index contributed by atoms with van der Waals surface area (Å²) in [5.41, 5.74) is 4.58. The average molecular weight is 541 g/mol. The normalized spacial score (nSPS) is 10.6. The summed E-state index contributed by atoms with van der Waals surface area (Å²) >= 11 is 6.36. The molecule has 3 rings (SSSR count). The zero-order chi connectivity index (χ0) is 27.5. The number of nitrogens with zero attached hydrogens (tertiary/aromatic N) is 1. The van der Waals surface area contributed by atoms with Crippen LogP contribution >= 0.6 is 11.6 Å². The zero-order valence-corrected chi connectivity index (χ0v) is 21.5. The van der Waals surface area contributed by atoms with Crippen molar-refractivity contribution in [2.24, 2.45) is 5.10 Å². The zero-order valence-electron chi connectivity index (χ0n) is 20.7. The van der Waals surface area contributed by atoms with Gasteiger partial charge in [0.2, 0.25) is 0 Å². The van der Waals surface area contributed by atoms with E-state index in [1.807, 2.05) is 31.2 Å². The van der Waals surface area contributed by atoms with E-state index in [2.05, 4.69) is 21.2 Å². The topological polar surface area (TPSA) is 118 Å². The highest BCUT2D eigenvalue weighted by Crippen LogP contribution is 2.36. The molecular formula is C27H26ClFN4O5. The Balaban J connectivity index is 1.59. The summed E-state index contributed by atoms with van der Waals surface area (Å²) in [4.78, 5) is 36.3. The molecule has 0 aliphatic rings. The third kappa shape index (κ3) is 8.31. The van der Waals surface area contributed by atoms with Crippen LogP contribution in [-0.2, 0) is 20.8 Å². The molecule has 0 unspecified atom stereocenters. The molecule has 0 aliphatic heterocycles. The van der Waals surface area contributed by atoms with Crippen LogP contribution in [0.5, 0.6) is 11.5 Å². The highest BCUT2D eigenvalue weighted by Gasteiger charge is 2.15. The minimum absolute atomic E-state index is 0.151. The molecule has 0 saturated carbocycles. The minimum atomic E-state index is -1.03. The molecule has 38 heavy (non-hydrogen) atoms. The first-order valence-electron chi connectivity index (χ1n) is 11.7. The molecule has 0 atom stereocenters. The fraction of sp³-hybridized carbons (Fsp3) is 0.185. The van der Waals surface area contributed by atoms with Crippen LogP contribution in [0, 0.1) is 5.82 Å². The van der Waals surface area contributed by atoms with Gasteiger partial charge in [-0.25, -0.2) is 9.82 Å². The third-order valence-corrected chi connectivity index (χ3v) is 5.29. The molecule has 0 fully saturated rings. The van der Waals surface area contributed by atoms with E-state index < -0.39 is 17.6 Å². The van der Waals surface area contributed by atoms with Gasteiger partial charge in [0.15, 0.2) is 18.1 Å². The van der Waals surface area contributed by atoms with Crippen molar-refractivity contribution >= 4 is 46.9 Å². The Morgan fingerprint density at radius 1 is 0.921 bits per heavy atom. The molecular weight excluding hydrogens is 515 g/mol. The van der Waals surface area contributed by atoms with E-state index >= 15 is 0 Å². The first kappa shape index (κ1) is 28.1. The molecule has 3 N–H and O–H groups in total. The van der Waals surface area contributed by atoms with Crippen LogP contribution in [0.4, 0.5) is 15.8 Å². The van der Waals surface area contributed by atoms with Gasteiger partial charge in [0.05, 0.1) is 17.8 Å². The van der Waals surface area contributed by atoms with Crippen LogP contribution in [-0.4, -0.2) is 37.1 Å². The predicted molar refractivity (Wildman–Crippen MR) is 143 cm³/mol. The van der Waals surface area contributed by atoms with E-state index in [0.717, 1.165) is 24.1 Å². The molecule has 9 nitrogen and oxygen atoms in total. The van der Waals surface area contributed by atoms with Crippen molar-refractivity contribution in [1.82, 2.24) is 5.43 Å². The van der Waals surface area contributed by atoms with E-state index in [4.69, 9.17) is 21.1 Å². The molecule has 0 aromatic heterocycles. The minimum Gasteiger partial charge on any atom is -0.490 e. The fourth-order valence-electron chi connectivity index (χ4n) is 3.16. The molecule has 3 aromatic rings. The van der Waals surface area contributed by atoms with Crippen molar-refractivity contribution in [2.75, 3.05) is 23.8 Å². The first-order valence-corrected chi connectivity index (χ1v) is 12.0. The average Bonchev–Trinajstić information content (AvgIpc) is 2.90. The number of carbonyl (C=O) groups is 3. The van der Waals surface area contributed by atoms with E-state index in [-0.39, 0.29) is 34.7 Å². The molecule has 0 bridgehead atoms. The summed E-state index contributed by atoms with van der Waals surface area (Å²) in [5, 5.41) is 8.98. The molecule has 0 spiro atoms. The Morgan fingerprint density at radius 3 is 2.24 bits per heavy atom. The van der Waals surface area contributed by atoms with Gasteiger partial charge in [-0.1, -0.05) is 30.7 Å². The molecule has 3 amide bonds. The number of hydrogen-bond donors (Lipinski definition) is 3. The Hall–Kier alpha value is -4.44. The summed E-state index contributed by atoms with van der Waals surface area (Å²) in [5.74, 6) is -2.42. The van der Waals surface area contributed by atoms with E-state index in [1.54, 1.807) is 13.0 Å². The maximum absolute atomic E-state index is 13.0. The van der Waals surface area contributed by atoms with Crippen LogP contribution in [0.2, 0.25) is 5.02 Å². The van der Waals surface area contributed by atoms with E-state index in [1.165, 1.54) is 24.4 Å². The molecule has 0 aliphatic carbocycles. The summed E-state index contributed by atoms with van der Waals surface area (Å²) in [6.07, 6.45) is 2.16. The highest BCUT2D eigenvalue weighted by molar-refractivity contribution is 6.39. The van der Waals surface area contributed by atoms with Gasteiger partial charge in [0.1, 0.15) is 5.82 Å². The number of amides is 3. The Labute approximate surface area is 224 Å². The molecule has 198 valence electrons. The van der Waals surface area contributed by atoms with Crippen molar-refractivity contribution < 1.29 is 28.2 Å². The molecule has 0 saturated heterocycles. The molecule has 3 aromatic carbocycles. The van der Waals surface area contributed by atoms with Crippen molar-refractivity contribution in [1.29, 1.82) is 0 Å². The quantitative estimate of drug-likeness (QED) is 0.198. The number of benzene rings is 3. The van der Waals surface area contributed by atoms with Gasteiger partial charge in [-0.15, -0.1) is 0 Å². The van der Waals surface area contributed by atoms with Crippen molar-refractivity contribution in [2.45, 2.75) is 20.3 Å². The lowest BCUT2D eigenvalue weighted by Crippen LogP contribution is -2.32. The van der Waals surface area contributed by atoms with Crippen LogP contribution < -0.4 is 25.5 Å². The Bertz CT molecular complexity index is 1310. The van der Waals surface area contributed by atoms with Crippen LogP contribution in [0.25, 0.3) is 0 Å². The summed E-state index contributed by atoms with van der Waals surface area (Å²) < 4.78 is 24.2. The molecule has 11 heteroatoms. The smallest absolute Gasteiger partial charge is 0.329 e. The summed E-state index contributed by atoms with van der Waals surface area (Å²) in [6, 6.07) is 15.5. The van der Waals surface area contributed by atoms with Crippen molar-refractivity contribution in [3.05, 3.63) is 82.6 Å². The molecule has 0 heterocycles. The number of anilines is 2. The van der Waals surface area contributed by atoms with Gasteiger partial charge < -0.3 is 20.1 Å². The number of nitrogens with one attached hydrogen (secondary N) is 3. The number of hydrogen-bond acceptors (Lipinski definition) is 6. The Kier molecular flexibility index (Phi) is 10.2. The van der Waals surface area contributed by atoms with Gasteiger partial charge in [-0.05, 0) is 73.0 Å².